The third-order valence-electron chi connectivity index (χ3n) is 3.97. The van der Waals surface area contributed by atoms with Crippen molar-refractivity contribution in [2.75, 3.05) is 11.9 Å². The fourth-order valence-electron chi connectivity index (χ4n) is 2.78. The Morgan fingerprint density at radius 2 is 1.87 bits per heavy atom. The van der Waals surface area contributed by atoms with Crippen LogP contribution < -0.4 is 16.0 Å². The van der Waals surface area contributed by atoms with Crippen molar-refractivity contribution >= 4 is 34.8 Å². The molecule has 6 heteroatoms. The third-order valence-corrected chi connectivity index (χ3v) is 4.17. The summed E-state index contributed by atoms with van der Waals surface area (Å²) in [4.78, 5) is 24.2. The van der Waals surface area contributed by atoms with Crippen LogP contribution in [0.1, 0.15) is 49.4 Å². The number of thiocarbonyl (C=S) groups is 1. The number of anilines is 1. The Bertz CT molecular complexity index is 583. The normalized spacial score (nSPS) is 14.8. The molecular formula is C17H23N3O2S. The summed E-state index contributed by atoms with van der Waals surface area (Å²) >= 11 is 5.22. The van der Waals surface area contributed by atoms with Crippen LogP contribution in [0.15, 0.2) is 24.3 Å². The molecule has 0 heterocycles. The van der Waals surface area contributed by atoms with Gasteiger partial charge in [-0.05, 0) is 44.1 Å². The molecule has 0 saturated heterocycles. The number of benzene rings is 1. The van der Waals surface area contributed by atoms with Gasteiger partial charge in [0.15, 0.2) is 5.11 Å². The Morgan fingerprint density at radius 1 is 1.17 bits per heavy atom. The van der Waals surface area contributed by atoms with Crippen LogP contribution in [0.5, 0.6) is 0 Å². The average molecular weight is 333 g/mol. The molecular weight excluding hydrogens is 310 g/mol. The highest BCUT2D eigenvalue weighted by atomic mass is 32.1. The number of para-hydroxylation sites is 1. The van der Waals surface area contributed by atoms with Crippen LogP contribution in [-0.4, -0.2) is 23.5 Å². The molecule has 2 amide bonds. The van der Waals surface area contributed by atoms with Gasteiger partial charge in [0.25, 0.3) is 5.91 Å². The van der Waals surface area contributed by atoms with Crippen LogP contribution in [0.2, 0.25) is 0 Å². The summed E-state index contributed by atoms with van der Waals surface area (Å²) in [6.45, 7) is 2.42. The lowest BCUT2D eigenvalue weighted by Gasteiger charge is -2.21. The first-order valence-corrected chi connectivity index (χ1v) is 8.51. The molecule has 1 saturated carbocycles. The van der Waals surface area contributed by atoms with Gasteiger partial charge in [0.05, 0.1) is 11.3 Å². The fourth-order valence-corrected chi connectivity index (χ4v) is 2.99. The molecule has 1 aromatic rings. The number of rotatable bonds is 4. The Hall–Kier alpha value is -1.95. The van der Waals surface area contributed by atoms with Crippen LogP contribution in [0.4, 0.5) is 5.69 Å². The molecule has 23 heavy (non-hydrogen) atoms. The van der Waals surface area contributed by atoms with E-state index in [1.807, 2.05) is 13.0 Å². The highest BCUT2D eigenvalue weighted by molar-refractivity contribution is 7.80. The quantitative estimate of drug-likeness (QED) is 0.741. The van der Waals surface area contributed by atoms with E-state index in [0.29, 0.717) is 17.8 Å². The van der Waals surface area contributed by atoms with Gasteiger partial charge in [0.1, 0.15) is 0 Å². The van der Waals surface area contributed by atoms with Gasteiger partial charge < -0.3 is 16.0 Å². The molecule has 1 aliphatic carbocycles. The van der Waals surface area contributed by atoms with Gasteiger partial charge >= 0.3 is 0 Å². The first-order valence-electron chi connectivity index (χ1n) is 8.11. The number of carbonyl (C=O) groups is 2. The molecule has 0 unspecified atom stereocenters. The van der Waals surface area contributed by atoms with Crippen LogP contribution in [0, 0.1) is 5.92 Å². The van der Waals surface area contributed by atoms with Gasteiger partial charge in [0.2, 0.25) is 5.91 Å². The van der Waals surface area contributed by atoms with E-state index in [-0.39, 0.29) is 22.8 Å². The number of carbonyl (C=O) groups excluding carboxylic acids is 2. The molecule has 0 spiro atoms. The minimum absolute atomic E-state index is 0.0299. The van der Waals surface area contributed by atoms with Gasteiger partial charge in [-0.2, -0.15) is 0 Å². The zero-order valence-corrected chi connectivity index (χ0v) is 14.2. The number of hydrogen-bond acceptors (Lipinski definition) is 3. The maximum Gasteiger partial charge on any atom is 0.253 e. The monoisotopic (exact) mass is 333 g/mol. The maximum atomic E-state index is 12.2. The molecule has 1 aliphatic rings. The summed E-state index contributed by atoms with van der Waals surface area (Å²) in [6.07, 6.45) is 5.23. The second-order valence-electron chi connectivity index (χ2n) is 5.68. The van der Waals surface area contributed by atoms with Crippen molar-refractivity contribution in [1.29, 1.82) is 0 Å². The van der Waals surface area contributed by atoms with E-state index in [1.54, 1.807) is 18.2 Å². The summed E-state index contributed by atoms with van der Waals surface area (Å²) in [7, 11) is 0. The number of amides is 2. The Labute approximate surface area is 142 Å². The standard InChI is InChI=1S/C17H23N3O2S/c1-2-18-16(22)13-10-6-7-11-14(13)19-17(23)20-15(21)12-8-4-3-5-9-12/h6-7,10-12H,2-5,8-9H2,1H3,(H,18,22)(H2,19,20,21,23). The molecule has 0 radical (unpaired) electrons. The van der Waals surface area contributed by atoms with Gasteiger partial charge in [-0.15, -0.1) is 0 Å². The molecule has 0 aromatic heterocycles. The number of nitrogens with one attached hydrogen (secondary N) is 3. The average Bonchev–Trinajstić information content (AvgIpc) is 2.56. The summed E-state index contributed by atoms with van der Waals surface area (Å²) in [5, 5.41) is 8.70. The molecule has 2 rings (SSSR count). The van der Waals surface area contributed by atoms with E-state index in [1.165, 1.54) is 6.42 Å². The van der Waals surface area contributed by atoms with Crippen molar-refractivity contribution in [2.24, 2.45) is 5.92 Å². The minimum atomic E-state index is -0.169. The van der Waals surface area contributed by atoms with E-state index in [2.05, 4.69) is 16.0 Å². The van der Waals surface area contributed by atoms with Gasteiger partial charge in [-0.25, -0.2) is 0 Å². The van der Waals surface area contributed by atoms with Gasteiger partial charge in [-0.1, -0.05) is 31.4 Å². The summed E-state index contributed by atoms with van der Waals surface area (Å²) in [5.41, 5.74) is 1.09. The zero-order valence-electron chi connectivity index (χ0n) is 13.4. The van der Waals surface area contributed by atoms with E-state index in [4.69, 9.17) is 12.2 Å². The first kappa shape index (κ1) is 17.4. The Balaban J connectivity index is 1.97. The predicted molar refractivity (Wildman–Crippen MR) is 95.4 cm³/mol. The molecule has 1 fully saturated rings. The minimum Gasteiger partial charge on any atom is -0.352 e. The maximum absolute atomic E-state index is 12.2. The van der Waals surface area contributed by atoms with E-state index in [9.17, 15) is 9.59 Å². The van der Waals surface area contributed by atoms with E-state index >= 15 is 0 Å². The van der Waals surface area contributed by atoms with Crippen LogP contribution in [0.25, 0.3) is 0 Å². The van der Waals surface area contributed by atoms with Crippen molar-refractivity contribution < 1.29 is 9.59 Å². The second-order valence-corrected chi connectivity index (χ2v) is 6.09. The molecule has 5 nitrogen and oxygen atoms in total. The van der Waals surface area contributed by atoms with E-state index < -0.39 is 0 Å². The van der Waals surface area contributed by atoms with Crippen LogP contribution in [0.3, 0.4) is 0 Å². The van der Waals surface area contributed by atoms with Crippen molar-refractivity contribution in [3.63, 3.8) is 0 Å². The first-order chi connectivity index (χ1) is 11.1. The highest BCUT2D eigenvalue weighted by Crippen LogP contribution is 2.23. The number of hydrogen-bond donors (Lipinski definition) is 3. The van der Waals surface area contributed by atoms with Crippen molar-refractivity contribution in [1.82, 2.24) is 10.6 Å². The van der Waals surface area contributed by atoms with Crippen molar-refractivity contribution in [3.8, 4) is 0 Å². The van der Waals surface area contributed by atoms with E-state index in [0.717, 1.165) is 25.7 Å². The molecule has 0 aliphatic heterocycles. The van der Waals surface area contributed by atoms with Crippen LogP contribution >= 0.6 is 12.2 Å². The summed E-state index contributed by atoms with van der Waals surface area (Å²) in [6, 6.07) is 7.10. The predicted octanol–water partition coefficient (Wildman–Crippen LogP) is 2.83. The third kappa shape index (κ3) is 5.03. The molecule has 3 N–H and O–H groups in total. The summed E-state index contributed by atoms with van der Waals surface area (Å²) in [5.74, 6) is -0.156. The Morgan fingerprint density at radius 3 is 2.57 bits per heavy atom. The van der Waals surface area contributed by atoms with Crippen molar-refractivity contribution in [3.05, 3.63) is 29.8 Å². The summed E-state index contributed by atoms with van der Waals surface area (Å²) < 4.78 is 0. The zero-order chi connectivity index (χ0) is 16.7. The van der Waals surface area contributed by atoms with Gasteiger partial charge in [0, 0.05) is 12.5 Å². The van der Waals surface area contributed by atoms with Crippen molar-refractivity contribution in [2.45, 2.75) is 39.0 Å². The second kappa shape index (κ2) is 8.62. The molecule has 0 bridgehead atoms. The molecule has 1 aromatic carbocycles. The Kier molecular flexibility index (Phi) is 6.52. The fraction of sp³-hybridized carbons (Fsp3) is 0.471. The largest absolute Gasteiger partial charge is 0.352 e. The van der Waals surface area contributed by atoms with Gasteiger partial charge in [-0.3, -0.25) is 9.59 Å². The lowest BCUT2D eigenvalue weighted by atomic mass is 9.89. The lowest BCUT2D eigenvalue weighted by molar-refractivity contribution is -0.124. The van der Waals surface area contributed by atoms with Crippen LogP contribution in [-0.2, 0) is 4.79 Å². The smallest absolute Gasteiger partial charge is 0.253 e. The topological polar surface area (TPSA) is 70.2 Å². The SMILES string of the molecule is CCNC(=O)c1ccccc1NC(=S)NC(=O)C1CCCCC1. The molecule has 0 atom stereocenters. The lowest BCUT2D eigenvalue weighted by Crippen LogP contribution is -2.39. The highest BCUT2D eigenvalue weighted by Gasteiger charge is 2.22. The molecule has 124 valence electrons.